The highest BCUT2D eigenvalue weighted by molar-refractivity contribution is 5.91. The lowest BCUT2D eigenvalue weighted by Crippen LogP contribution is -2.31. The largest absolute Gasteiger partial charge is 0.423 e. The van der Waals surface area contributed by atoms with E-state index in [-0.39, 0.29) is 22.8 Å². The monoisotopic (exact) mass is 463 g/mol. The highest BCUT2D eigenvalue weighted by Crippen LogP contribution is 2.49. The fraction of sp³-hybridized carbons (Fsp3) is 0.448. The molecule has 3 nitrogen and oxygen atoms in total. The Kier molecular flexibility index (Phi) is 7.77. The molecule has 2 aromatic rings. The Bertz CT molecular complexity index is 1060. The lowest BCUT2D eigenvalue weighted by molar-refractivity contribution is 0.0733. The molecule has 2 aromatic carbocycles. The van der Waals surface area contributed by atoms with Gasteiger partial charge in [-0.05, 0) is 112 Å². The Labute approximate surface area is 200 Å². The third kappa shape index (κ3) is 5.55. The molecule has 0 spiro atoms. The van der Waals surface area contributed by atoms with Crippen LogP contribution in [0, 0.1) is 40.7 Å². The van der Waals surface area contributed by atoms with Crippen LogP contribution in [0.2, 0.25) is 0 Å². The standard InChI is InChI=1S/C29H31F2NO2/c1-2-3-4-5-19-6-9-22-15-23(11-10-21(22)14-19)28-26(30)16-24(17-27(28)31)29(33)34-25-12-7-20(18-32)8-13-25/h2-3,7-8,12-13,16-17,19,21-23H,4-6,9-11,14-15H2,1H3/b3-2+. The average Bonchev–Trinajstić information content (AvgIpc) is 2.84. The molecule has 0 aromatic heterocycles. The lowest BCUT2D eigenvalue weighted by Gasteiger charge is -2.42. The van der Waals surface area contributed by atoms with Gasteiger partial charge in [-0.3, -0.25) is 0 Å². The first-order chi connectivity index (χ1) is 16.5. The van der Waals surface area contributed by atoms with Gasteiger partial charge in [0.2, 0.25) is 0 Å². The van der Waals surface area contributed by atoms with Crippen molar-refractivity contribution in [3.63, 3.8) is 0 Å². The van der Waals surface area contributed by atoms with Crippen molar-refractivity contribution >= 4 is 5.97 Å². The summed E-state index contributed by atoms with van der Waals surface area (Å²) in [5.74, 6) is -0.147. The maximum Gasteiger partial charge on any atom is 0.343 e. The number of nitrogens with zero attached hydrogens (tertiary/aromatic N) is 1. The van der Waals surface area contributed by atoms with Crippen molar-refractivity contribution in [3.8, 4) is 11.8 Å². The maximum atomic E-state index is 15.1. The summed E-state index contributed by atoms with van der Waals surface area (Å²) in [5, 5.41) is 8.85. The maximum absolute atomic E-state index is 15.1. The molecule has 5 heteroatoms. The van der Waals surface area contributed by atoms with Gasteiger partial charge in [0.15, 0.2) is 0 Å². The Morgan fingerprint density at radius 1 is 1.06 bits per heavy atom. The first kappa shape index (κ1) is 24.1. The van der Waals surface area contributed by atoms with E-state index in [1.165, 1.54) is 43.5 Å². The highest BCUT2D eigenvalue weighted by atomic mass is 19.1. The van der Waals surface area contributed by atoms with Gasteiger partial charge in [0.1, 0.15) is 17.4 Å². The Balaban J connectivity index is 1.40. The summed E-state index contributed by atoms with van der Waals surface area (Å²) in [6.07, 6.45) is 12.9. The van der Waals surface area contributed by atoms with Crippen LogP contribution < -0.4 is 4.74 Å². The van der Waals surface area contributed by atoms with Crippen LogP contribution >= 0.6 is 0 Å². The molecular formula is C29H31F2NO2. The SMILES string of the molecule is C/C=C/CCC1CCC2CC(c3c(F)cc(C(=O)Oc4ccc(C#N)cc4)cc3F)CCC2C1. The van der Waals surface area contributed by atoms with Gasteiger partial charge in [0.25, 0.3) is 0 Å². The number of halogens is 2. The van der Waals surface area contributed by atoms with E-state index in [1.807, 2.05) is 6.07 Å². The van der Waals surface area contributed by atoms with Gasteiger partial charge in [-0.2, -0.15) is 5.26 Å². The second-order valence-electron chi connectivity index (χ2n) is 9.73. The van der Waals surface area contributed by atoms with Gasteiger partial charge in [-0.1, -0.05) is 18.6 Å². The van der Waals surface area contributed by atoms with E-state index in [0.29, 0.717) is 17.4 Å². The van der Waals surface area contributed by atoms with Crippen LogP contribution in [0.1, 0.15) is 85.7 Å². The van der Waals surface area contributed by atoms with Crippen molar-refractivity contribution < 1.29 is 18.3 Å². The third-order valence-electron chi connectivity index (χ3n) is 7.62. The number of ether oxygens (including phenoxy) is 1. The van der Waals surface area contributed by atoms with E-state index in [2.05, 4.69) is 19.1 Å². The fourth-order valence-corrected chi connectivity index (χ4v) is 5.86. The minimum atomic E-state index is -0.825. The van der Waals surface area contributed by atoms with Crippen LogP contribution in [-0.2, 0) is 0 Å². The second-order valence-corrected chi connectivity index (χ2v) is 9.73. The molecule has 4 atom stereocenters. The molecule has 2 saturated carbocycles. The predicted molar refractivity (Wildman–Crippen MR) is 127 cm³/mol. The van der Waals surface area contributed by atoms with Gasteiger partial charge >= 0.3 is 5.97 Å². The normalized spacial score (nSPS) is 24.4. The third-order valence-corrected chi connectivity index (χ3v) is 7.62. The number of benzene rings is 2. The summed E-state index contributed by atoms with van der Waals surface area (Å²) in [6.45, 7) is 2.06. The first-order valence-corrected chi connectivity index (χ1v) is 12.3. The molecule has 0 amide bonds. The minimum Gasteiger partial charge on any atom is -0.423 e. The second kappa shape index (κ2) is 11.0. The summed E-state index contributed by atoms with van der Waals surface area (Å²) in [4.78, 5) is 12.4. The summed E-state index contributed by atoms with van der Waals surface area (Å²) in [5.41, 5.74) is 0.389. The van der Waals surface area contributed by atoms with Crippen LogP contribution in [0.3, 0.4) is 0 Å². The number of hydrogen-bond acceptors (Lipinski definition) is 3. The summed E-state index contributed by atoms with van der Waals surface area (Å²) in [6, 6.07) is 10.1. The molecule has 0 N–H and O–H groups in total. The van der Waals surface area contributed by atoms with E-state index in [0.717, 1.165) is 50.2 Å². The molecule has 4 rings (SSSR count). The number of allylic oxidation sites excluding steroid dienone is 2. The van der Waals surface area contributed by atoms with Gasteiger partial charge in [-0.15, -0.1) is 0 Å². The lowest BCUT2D eigenvalue weighted by atomic mass is 9.63. The molecule has 178 valence electrons. The van der Waals surface area contributed by atoms with E-state index >= 15 is 8.78 Å². The van der Waals surface area contributed by atoms with Crippen molar-refractivity contribution in [2.24, 2.45) is 17.8 Å². The van der Waals surface area contributed by atoms with Crippen LogP contribution in [0.5, 0.6) is 5.75 Å². The summed E-state index contributed by atoms with van der Waals surface area (Å²) >= 11 is 0. The minimum absolute atomic E-state index is 0.114. The Morgan fingerprint density at radius 3 is 2.41 bits per heavy atom. The van der Waals surface area contributed by atoms with Crippen molar-refractivity contribution in [2.45, 2.75) is 64.2 Å². The van der Waals surface area contributed by atoms with E-state index in [9.17, 15) is 4.79 Å². The highest BCUT2D eigenvalue weighted by Gasteiger charge is 2.37. The van der Waals surface area contributed by atoms with Crippen molar-refractivity contribution in [1.82, 2.24) is 0 Å². The number of esters is 1. The number of fused-ring (bicyclic) bond motifs is 1. The van der Waals surface area contributed by atoms with Crippen LogP contribution in [-0.4, -0.2) is 5.97 Å². The number of rotatable bonds is 6. The topological polar surface area (TPSA) is 50.1 Å². The van der Waals surface area contributed by atoms with Gasteiger partial charge in [-0.25, -0.2) is 13.6 Å². The molecule has 0 aliphatic heterocycles. The molecule has 4 unspecified atom stereocenters. The zero-order valence-corrected chi connectivity index (χ0v) is 19.6. The van der Waals surface area contributed by atoms with Crippen molar-refractivity contribution in [3.05, 3.63) is 76.9 Å². The van der Waals surface area contributed by atoms with Crippen LogP contribution in [0.15, 0.2) is 48.6 Å². The smallest absolute Gasteiger partial charge is 0.343 e. The molecule has 0 saturated heterocycles. The Morgan fingerprint density at radius 2 is 1.74 bits per heavy atom. The fourth-order valence-electron chi connectivity index (χ4n) is 5.86. The Hall–Kier alpha value is -3.00. The molecule has 0 radical (unpaired) electrons. The molecule has 2 aliphatic rings. The summed E-state index contributed by atoms with van der Waals surface area (Å²) in [7, 11) is 0. The molecule has 34 heavy (non-hydrogen) atoms. The molecule has 2 fully saturated rings. The average molecular weight is 464 g/mol. The zero-order valence-electron chi connectivity index (χ0n) is 19.6. The number of carbonyl (C=O) groups excluding carboxylic acids is 1. The van der Waals surface area contributed by atoms with Crippen LogP contribution in [0.25, 0.3) is 0 Å². The van der Waals surface area contributed by atoms with E-state index in [1.54, 1.807) is 0 Å². The van der Waals surface area contributed by atoms with Gasteiger partial charge in [0.05, 0.1) is 17.2 Å². The van der Waals surface area contributed by atoms with Crippen molar-refractivity contribution in [1.29, 1.82) is 5.26 Å². The molecular weight excluding hydrogens is 432 g/mol. The number of nitriles is 1. The number of carbonyl (C=O) groups is 1. The van der Waals surface area contributed by atoms with Gasteiger partial charge in [0, 0.05) is 5.56 Å². The molecule has 0 bridgehead atoms. The quantitative estimate of drug-likeness (QED) is 0.250. The zero-order chi connectivity index (χ0) is 24.1. The van der Waals surface area contributed by atoms with Gasteiger partial charge < -0.3 is 4.74 Å². The molecule has 2 aliphatic carbocycles. The molecule has 0 heterocycles. The van der Waals surface area contributed by atoms with Crippen LogP contribution in [0.4, 0.5) is 8.78 Å². The number of hydrogen-bond donors (Lipinski definition) is 0. The predicted octanol–water partition coefficient (Wildman–Crippen LogP) is 7.71. The van der Waals surface area contributed by atoms with E-state index < -0.39 is 17.6 Å². The first-order valence-electron chi connectivity index (χ1n) is 12.3. The van der Waals surface area contributed by atoms with Crippen molar-refractivity contribution in [2.75, 3.05) is 0 Å². The van der Waals surface area contributed by atoms with E-state index in [4.69, 9.17) is 10.00 Å². The summed E-state index contributed by atoms with van der Waals surface area (Å²) < 4.78 is 35.3.